The van der Waals surface area contributed by atoms with E-state index in [1.165, 1.54) is 30.7 Å². The molecule has 138 valence electrons. The number of halogens is 2. The molecule has 2 saturated heterocycles. The minimum atomic E-state index is -1.08. The summed E-state index contributed by atoms with van der Waals surface area (Å²) in [5.41, 5.74) is 0.0277. The highest BCUT2D eigenvalue weighted by Gasteiger charge is 2.64. The van der Waals surface area contributed by atoms with Crippen LogP contribution >= 0.6 is 35.0 Å². The molecule has 0 aromatic carbocycles. The predicted octanol–water partition coefficient (Wildman–Crippen LogP) is 1.33. The van der Waals surface area contributed by atoms with Gasteiger partial charge in [-0.15, -0.1) is 11.8 Å². The fourth-order valence-corrected chi connectivity index (χ4v) is 4.62. The molecule has 0 radical (unpaired) electrons. The number of thioether (sulfide) groups is 1. The van der Waals surface area contributed by atoms with E-state index in [1.54, 1.807) is 13.8 Å². The van der Waals surface area contributed by atoms with Gasteiger partial charge in [0.2, 0.25) is 5.91 Å². The van der Waals surface area contributed by atoms with Gasteiger partial charge in [-0.05, 0) is 20.8 Å². The zero-order chi connectivity index (χ0) is 19.1. The fraction of sp³-hybridized carbons (Fsp3) is 0.571. The molecular formula is C14H17Cl2N3O5S. The molecule has 2 heterocycles. The average molecular weight is 410 g/mol. The standard InChI is InChI=1S/C14H17Cl2N3O5S/c1-5(9(15)16)6(18-24-4)10(20)17-7-11(21)19-8(13(22)23)14(2,3)25-12(7)19/h7-8,12H,1-4H3,(H,17,20)(H,22,23)/b18-6-/t7-,8+,12-/m1/s1. The van der Waals surface area contributed by atoms with Gasteiger partial charge < -0.3 is 20.2 Å². The van der Waals surface area contributed by atoms with Crippen LogP contribution in [0.4, 0.5) is 0 Å². The van der Waals surface area contributed by atoms with Crippen LogP contribution in [0.2, 0.25) is 0 Å². The Bertz CT molecular complexity index is 690. The molecule has 0 saturated carbocycles. The van der Waals surface area contributed by atoms with Crippen molar-refractivity contribution in [3.63, 3.8) is 0 Å². The van der Waals surface area contributed by atoms with E-state index in [1.807, 2.05) is 0 Å². The van der Waals surface area contributed by atoms with E-state index in [4.69, 9.17) is 23.2 Å². The molecule has 3 atom stereocenters. The topological polar surface area (TPSA) is 108 Å². The summed E-state index contributed by atoms with van der Waals surface area (Å²) >= 11 is 12.7. The van der Waals surface area contributed by atoms with Gasteiger partial charge in [0.25, 0.3) is 5.91 Å². The Kier molecular flexibility index (Phi) is 5.60. The molecule has 2 amide bonds. The van der Waals surface area contributed by atoms with Crippen molar-refractivity contribution in [2.45, 2.75) is 43.0 Å². The van der Waals surface area contributed by atoms with Gasteiger partial charge in [-0.2, -0.15) is 0 Å². The van der Waals surface area contributed by atoms with Crippen molar-refractivity contribution in [2.75, 3.05) is 7.11 Å². The van der Waals surface area contributed by atoms with Crippen LogP contribution in [-0.2, 0) is 19.2 Å². The van der Waals surface area contributed by atoms with Crippen molar-refractivity contribution in [2.24, 2.45) is 5.16 Å². The third kappa shape index (κ3) is 3.45. The third-order valence-corrected chi connectivity index (χ3v) is 6.14. The van der Waals surface area contributed by atoms with Gasteiger partial charge in [0, 0.05) is 10.3 Å². The van der Waals surface area contributed by atoms with Crippen LogP contribution in [0.5, 0.6) is 0 Å². The summed E-state index contributed by atoms with van der Waals surface area (Å²) in [5, 5.41) is 15.1. The summed E-state index contributed by atoms with van der Waals surface area (Å²) in [4.78, 5) is 42.2. The number of amides is 2. The Balaban J connectivity index is 2.19. The van der Waals surface area contributed by atoms with E-state index < -0.39 is 40.0 Å². The summed E-state index contributed by atoms with van der Waals surface area (Å²) in [6.45, 7) is 4.98. The SMILES string of the molecule is CO/N=C(\C(=O)N[C@@H]1C(=O)N2[C@@H]1SC(C)(C)[C@@H]2C(=O)O)C(C)=C(Cl)Cl. The number of hydrogen-bond donors (Lipinski definition) is 2. The van der Waals surface area contributed by atoms with Crippen molar-refractivity contribution >= 4 is 58.5 Å². The van der Waals surface area contributed by atoms with E-state index in [2.05, 4.69) is 15.3 Å². The number of carbonyl (C=O) groups excluding carboxylic acids is 2. The largest absolute Gasteiger partial charge is 0.480 e. The number of fused-ring (bicyclic) bond motifs is 1. The molecule has 0 unspecified atom stereocenters. The zero-order valence-electron chi connectivity index (χ0n) is 13.9. The Labute approximate surface area is 158 Å². The maximum atomic E-state index is 12.4. The molecule has 2 rings (SSSR count). The molecule has 11 heteroatoms. The Morgan fingerprint density at radius 2 is 2.00 bits per heavy atom. The van der Waals surface area contributed by atoms with E-state index in [0.29, 0.717) is 0 Å². The average Bonchev–Trinajstić information content (AvgIpc) is 2.77. The van der Waals surface area contributed by atoms with Crippen LogP contribution in [0.1, 0.15) is 20.8 Å². The van der Waals surface area contributed by atoms with Crippen LogP contribution in [0.15, 0.2) is 15.2 Å². The van der Waals surface area contributed by atoms with Crippen LogP contribution in [0, 0.1) is 0 Å². The lowest BCUT2D eigenvalue weighted by molar-refractivity contribution is -0.160. The van der Waals surface area contributed by atoms with Crippen molar-refractivity contribution in [3.05, 3.63) is 10.1 Å². The Morgan fingerprint density at radius 3 is 2.48 bits per heavy atom. The number of hydrogen-bond acceptors (Lipinski definition) is 6. The number of carboxylic acids is 1. The Hall–Kier alpha value is -1.45. The normalized spacial score (nSPS) is 27.3. The molecule has 0 aliphatic carbocycles. The van der Waals surface area contributed by atoms with E-state index >= 15 is 0 Å². The minimum Gasteiger partial charge on any atom is -0.480 e. The van der Waals surface area contributed by atoms with Gasteiger partial charge in [0.1, 0.15) is 29.1 Å². The van der Waals surface area contributed by atoms with Gasteiger partial charge in [0.05, 0.1) is 0 Å². The van der Waals surface area contributed by atoms with Crippen LogP contribution < -0.4 is 5.32 Å². The highest BCUT2D eigenvalue weighted by atomic mass is 35.5. The number of carbonyl (C=O) groups is 3. The molecule has 2 N–H and O–H groups in total. The van der Waals surface area contributed by atoms with E-state index in [0.717, 1.165) is 0 Å². The molecule has 0 aromatic rings. The summed E-state index contributed by atoms with van der Waals surface area (Å²) in [5.74, 6) is -2.22. The summed E-state index contributed by atoms with van der Waals surface area (Å²) < 4.78 is -0.834. The van der Waals surface area contributed by atoms with E-state index in [9.17, 15) is 19.5 Å². The maximum absolute atomic E-state index is 12.4. The second-order valence-corrected chi connectivity index (χ2v) is 8.78. The zero-order valence-corrected chi connectivity index (χ0v) is 16.2. The van der Waals surface area contributed by atoms with Gasteiger partial charge >= 0.3 is 5.97 Å². The van der Waals surface area contributed by atoms with Crippen molar-refractivity contribution in [1.82, 2.24) is 10.2 Å². The number of carboxylic acid groups (broad SMARTS) is 1. The third-order valence-electron chi connectivity index (χ3n) is 4.00. The number of nitrogens with zero attached hydrogens (tertiary/aromatic N) is 2. The lowest BCUT2D eigenvalue weighted by Crippen LogP contribution is -2.71. The fourth-order valence-electron chi connectivity index (χ4n) is 2.82. The molecular weight excluding hydrogens is 393 g/mol. The number of aliphatic carboxylic acids is 1. The summed E-state index contributed by atoms with van der Waals surface area (Å²) in [6, 6.07) is -1.81. The Morgan fingerprint density at radius 1 is 1.40 bits per heavy atom. The lowest BCUT2D eigenvalue weighted by Gasteiger charge is -2.43. The number of rotatable bonds is 5. The summed E-state index contributed by atoms with van der Waals surface area (Å²) in [7, 11) is 1.26. The highest BCUT2D eigenvalue weighted by molar-refractivity contribution is 8.01. The molecule has 8 nitrogen and oxygen atoms in total. The second kappa shape index (κ2) is 7.05. The molecule has 0 aromatic heterocycles. The van der Waals surface area contributed by atoms with Gasteiger partial charge in [-0.1, -0.05) is 28.4 Å². The van der Waals surface area contributed by atoms with Crippen molar-refractivity contribution in [3.8, 4) is 0 Å². The first-order valence-electron chi connectivity index (χ1n) is 7.20. The van der Waals surface area contributed by atoms with Gasteiger partial charge in [0.15, 0.2) is 5.71 Å². The first kappa shape index (κ1) is 19.9. The number of nitrogens with one attached hydrogen (secondary N) is 1. The van der Waals surface area contributed by atoms with Crippen LogP contribution in [-0.4, -0.2) is 62.8 Å². The van der Waals surface area contributed by atoms with E-state index in [-0.39, 0.29) is 15.8 Å². The minimum absolute atomic E-state index is 0.158. The quantitative estimate of drug-likeness (QED) is 0.402. The van der Waals surface area contributed by atoms with Crippen molar-refractivity contribution in [1.29, 1.82) is 0 Å². The molecule has 2 aliphatic rings. The maximum Gasteiger partial charge on any atom is 0.327 e. The second-order valence-electron chi connectivity index (χ2n) is 6.06. The molecule has 2 aliphatic heterocycles. The molecule has 0 spiro atoms. The smallest absolute Gasteiger partial charge is 0.327 e. The van der Waals surface area contributed by atoms with Gasteiger partial charge in [-0.3, -0.25) is 9.59 Å². The number of oxime groups is 1. The van der Waals surface area contributed by atoms with Crippen molar-refractivity contribution < 1.29 is 24.3 Å². The van der Waals surface area contributed by atoms with Crippen LogP contribution in [0.3, 0.4) is 0 Å². The van der Waals surface area contributed by atoms with Gasteiger partial charge in [-0.25, -0.2) is 4.79 Å². The molecule has 2 fully saturated rings. The monoisotopic (exact) mass is 409 g/mol. The predicted molar refractivity (Wildman–Crippen MR) is 94.5 cm³/mol. The summed E-state index contributed by atoms with van der Waals surface area (Å²) in [6.07, 6.45) is 0. The molecule has 0 bridgehead atoms. The molecule has 25 heavy (non-hydrogen) atoms. The lowest BCUT2D eigenvalue weighted by atomic mass is 9.96. The first-order chi connectivity index (χ1) is 11.5. The van der Waals surface area contributed by atoms with Crippen LogP contribution in [0.25, 0.3) is 0 Å². The number of β-lactam (4-membered cyclic amide) rings is 1. The first-order valence-corrected chi connectivity index (χ1v) is 8.83. The highest BCUT2D eigenvalue weighted by Crippen LogP contribution is 2.50.